The fourth-order valence-corrected chi connectivity index (χ4v) is 4.37. The van der Waals surface area contributed by atoms with Gasteiger partial charge in [-0.2, -0.15) is 0 Å². The van der Waals surface area contributed by atoms with Gasteiger partial charge < -0.3 is 4.57 Å². The predicted molar refractivity (Wildman–Crippen MR) is 94.6 cm³/mol. The van der Waals surface area contributed by atoms with Gasteiger partial charge in [0, 0.05) is 16.9 Å². The van der Waals surface area contributed by atoms with Crippen molar-refractivity contribution < 1.29 is 4.79 Å². The summed E-state index contributed by atoms with van der Waals surface area (Å²) in [6.45, 7) is 0. The third-order valence-corrected chi connectivity index (χ3v) is 5.76. The molecule has 0 aliphatic heterocycles. The molecule has 2 heterocycles. The van der Waals surface area contributed by atoms with E-state index in [0.717, 1.165) is 28.8 Å². The fraction of sp³-hybridized carbons (Fsp3) is 0.294. The summed E-state index contributed by atoms with van der Waals surface area (Å²) in [6, 6.07) is 7.57. The van der Waals surface area contributed by atoms with Crippen LogP contribution in [0.15, 0.2) is 24.3 Å². The van der Waals surface area contributed by atoms with Crippen LogP contribution < -0.4 is 5.32 Å². The van der Waals surface area contributed by atoms with Gasteiger partial charge in [0.1, 0.15) is 0 Å². The zero-order valence-electron chi connectivity index (χ0n) is 12.7. The third kappa shape index (κ3) is 2.64. The first-order valence-electron chi connectivity index (χ1n) is 7.67. The number of carbonyl (C=O) groups excluding carboxylic acids is 1. The number of halogens is 1. The number of amides is 1. The van der Waals surface area contributed by atoms with Gasteiger partial charge in [-0.15, -0.1) is 11.3 Å². The van der Waals surface area contributed by atoms with Crippen LogP contribution in [0.3, 0.4) is 0 Å². The van der Waals surface area contributed by atoms with Crippen LogP contribution in [0.25, 0.3) is 11.0 Å². The molecule has 3 aromatic rings. The first-order chi connectivity index (χ1) is 11.1. The van der Waals surface area contributed by atoms with E-state index in [9.17, 15) is 4.79 Å². The molecule has 6 heteroatoms. The van der Waals surface area contributed by atoms with Gasteiger partial charge in [0.25, 0.3) is 5.91 Å². The summed E-state index contributed by atoms with van der Waals surface area (Å²) in [7, 11) is 1.89. The van der Waals surface area contributed by atoms with Crippen LogP contribution in [-0.2, 0) is 19.9 Å². The molecule has 0 saturated heterocycles. The lowest BCUT2D eigenvalue weighted by Gasteiger charge is -2.08. The predicted octanol–water partition coefficient (Wildman–Crippen LogP) is 4.42. The summed E-state index contributed by atoms with van der Waals surface area (Å²) in [4.78, 5) is 19.1. The highest BCUT2D eigenvalue weighted by Crippen LogP contribution is 2.30. The minimum Gasteiger partial charge on any atom is -0.313 e. The minimum absolute atomic E-state index is 0.0890. The van der Waals surface area contributed by atoms with Gasteiger partial charge in [0.05, 0.1) is 15.9 Å². The van der Waals surface area contributed by atoms with Crippen molar-refractivity contribution in [3.8, 4) is 0 Å². The summed E-state index contributed by atoms with van der Waals surface area (Å²) in [5, 5.41) is 3.56. The van der Waals surface area contributed by atoms with Crippen molar-refractivity contribution in [3.63, 3.8) is 0 Å². The molecule has 1 amide bonds. The van der Waals surface area contributed by atoms with Crippen molar-refractivity contribution in [2.24, 2.45) is 7.05 Å². The SMILES string of the molecule is Cn1c(NC(=O)c2cc3c(s2)CCCC3)nc2cc(Cl)ccc21. The van der Waals surface area contributed by atoms with E-state index in [-0.39, 0.29) is 5.91 Å². The quantitative estimate of drug-likeness (QED) is 0.747. The first kappa shape index (κ1) is 14.7. The number of imidazole rings is 1. The molecule has 2 aromatic heterocycles. The number of hydrogen-bond acceptors (Lipinski definition) is 3. The van der Waals surface area contributed by atoms with Crippen LogP contribution in [-0.4, -0.2) is 15.5 Å². The molecule has 0 fully saturated rings. The molecular weight excluding hydrogens is 330 g/mol. The molecule has 118 valence electrons. The van der Waals surface area contributed by atoms with Crippen LogP contribution in [0, 0.1) is 0 Å². The monoisotopic (exact) mass is 345 g/mol. The third-order valence-electron chi connectivity index (χ3n) is 4.29. The van der Waals surface area contributed by atoms with E-state index in [1.54, 1.807) is 17.4 Å². The second-order valence-electron chi connectivity index (χ2n) is 5.85. The maximum Gasteiger partial charge on any atom is 0.268 e. The van der Waals surface area contributed by atoms with Gasteiger partial charge in [-0.1, -0.05) is 11.6 Å². The van der Waals surface area contributed by atoms with Crippen LogP contribution in [0.2, 0.25) is 5.02 Å². The van der Waals surface area contributed by atoms with Crippen molar-refractivity contribution in [1.29, 1.82) is 0 Å². The molecule has 4 nitrogen and oxygen atoms in total. The summed E-state index contributed by atoms with van der Waals surface area (Å²) in [5.41, 5.74) is 3.05. The minimum atomic E-state index is -0.0890. The Bertz CT molecular complexity index is 889. The second-order valence-corrected chi connectivity index (χ2v) is 7.42. The number of aromatic nitrogens is 2. The number of nitrogens with one attached hydrogen (secondary N) is 1. The Labute approximate surface area is 143 Å². The summed E-state index contributed by atoms with van der Waals surface area (Å²) in [6.07, 6.45) is 4.62. The molecule has 0 bridgehead atoms. The highest BCUT2D eigenvalue weighted by Gasteiger charge is 2.19. The number of fused-ring (bicyclic) bond motifs is 2. The second kappa shape index (κ2) is 5.65. The number of anilines is 1. The average molecular weight is 346 g/mol. The molecule has 0 atom stereocenters. The number of nitrogens with zero attached hydrogens (tertiary/aromatic N) is 2. The largest absolute Gasteiger partial charge is 0.313 e. The smallest absolute Gasteiger partial charge is 0.268 e. The van der Waals surface area contributed by atoms with Gasteiger partial charge in [-0.25, -0.2) is 4.98 Å². The molecule has 4 rings (SSSR count). The molecule has 1 aliphatic rings. The Morgan fingerprint density at radius 3 is 2.96 bits per heavy atom. The average Bonchev–Trinajstić information content (AvgIpc) is 3.09. The Balaban J connectivity index is 1.63. The molecule has 1 aliphatic carbocycles. The van der Waals surface area contributed by atoms with E-state index >= 15 is 0 Å². The lowest BCUT2D eigenvalue weighted by Crippen LogP contribution is -2.13. The Kier molecular flexibility index (Phi) is 3.62. The van der Waals surface area contributed by atoms with E-state index in [1.165, 1.54) is 23.3 Å². The van der Waals surface area contributed by atoms with E-state index in [2.05, 4.69) is 10.3 Å². The number of rotatable bonds is 2. The van der Waals surface area contributed by atoms with E-state index in [0.29, 0.717) is 11.0 Å². The van der Waals surface area contributed by atoms with Crippen LogP contribution in [0.5, 0.6) is 0 Å². The van der Waals surface area contributed by atoms with Gasteiger partial charge >= 0.3 is 0 Å². The van der Waals surface area contributed by atoms with Crippen LogP contribution in [0.1, 0.15) is 33.0 Å². The molecule has 0 radical (unpaired) electrons. The normalized spacial score (nSPS) is 14.0. The Morgan fingerprint density at radius 1 is 1.30 bits per heavy atom. The Morgan fingerprint density at radius 2 is 2.13 bits per heavy atom. The highest BCUT2D eigenvalue weighted by atomic mass is 35.5. The number of thiophene rings is 1. The standard InChI is InChI=1S/C17H16ClN3OS/c1-21-13-7-6-11(18)9-12(13)19-17(21)20-16(22)15-8-10-4-2-3-5-14(10)23-15/h6-9H,2-5H2,1H3,(H,19,20,22). The van der Waals surface area contributed by atoms with Gasteiger partial charge in [0.2, 0.25) is 5.95 Å². The van der Waals surface area contributed by atoms with Crippen molar-refractivity contribution in [1.82, 2.24) is 9.55 Å². The lowest BCUT2D eigenvalue weighted by atomic mass is 9.99. The summed E-state index contributed by atoms with van der Waals surface area (Å²) >= 11 is 7.61. The molecule has 0 spiro atoms. The molecule has 23 heavy (non-hydrogen) atoms. The van der Waals surface area contributed by atoms with Crippen molar-refractivity contribution >= 4 is 45.8 Å². The van der Waals surface area contributed by atoms with Gasteiger partial charge in [-0.05, 0) is 55.5 Å². The molecule has 0 unspecified atom stereocenters. The molecule has 1 N–H and O–H groups in total. The maximum atomic E-state index is 12.5. The van der Waals surface area contributed by atoms with E-state index < -0.39 is 0 Å². The van der Waals surface area contributed by atoms with Crippen molar-refractivity contribution in [2.75, 3.05) is 5.32 Å². The zero-order chi connectivity index (χ0) is 16.0. The zero-order valence-corrected chi connectivity index (χ0v) is 14.3. The first-order valence-corrected chi connectivity index (χ1v) is 8.86. The molecule has 0 saturated carbocycles. The maximum absolute atomic E-state index is 12.5. The van der Waals surface area contributed by atoms with Crippen molar-refractivity contribution in [2.45, 2.75) is 25.7 Å². The topological polar surface area (TPSA) is 46.9 Å². The Hall–Kier alpha value is -1.85. The lowest BCUT2D eigenvalue weighted by molar-refractivity contribution is 0.102. The summed E-state index contributed by atoms with van der Waals surface area (Å²) in [5.74, 6) is 0.451. The number of hydrogen-bond donors (Lipinski definition) is 1. The molecule has 1 aromatic carbocycles. The highest BCUT2D eigenvalue weighted by molar-refractivity contribution is 7.14. The van der Waals surface area contributed by atoms with E-state index in [1.807, 2.05) is 29.8 Å². The number of aryl methyl sites for hydroxylation is 3. The fourth-order valence-electron chi connectivity index (χ4n) is 3.05. The van der Waals surface area contributed by atoms with Gasteiger partial charge in [0.15, 0.2) is 0 Å². The molecular formula is C17H16ClN3OS. The summed E-state index contributed by atoms with van der Waals surface area (Å²) < 4.78 is 1.87. The van der Waals surface area contributed by atoms with Crippen LogP contribution >= 0.6 is 22.9 Å². The number of benzene rings is 1. The number of carbonyl (C=O) groups is 1. The van der Waals surface area contributed by atoms with Crippen molar-refractivity contribution in [3.05, 3.63) is 44.6 Å². The van der Waals surface area contributed by atoms with Crippen LogP contribution in [0.4, 0.5) is 5.95 Å². The van der Waals surface area contributed by atoms with E-state index in [4.69, 9.17) is 11.6 Å². The van der Waals surface area contributed by atoms with Gasteiger partial charge in [-0.3, -0.25) is 10.1 Å².